The van der Waals surface area contributed by atoms with Gasteiger partial charge in [0, 0.05) is 20.3 Å². The highest BCUT2D eigenvalue weighted by Crippen LogP contribution is 1.99. The van der Waals surface area contributed by atoms with Crippen LogP contribution in [0.5, 0.6) is 0 Å². The Balaban J connectivity index is 3.99. The molecule has 0 fully saturated rings. The van der Waals surface area contributed by atoms with E-state index in [-0.39, 0.29) is 12.2 Å². The van der Waals surface area contributed by atoms with Gasteiger partial charge in [0.25, 0.3) is 0 Å². The number of Topliss-reactive ketones (excluding diaryl/α,β-unsaturated/α-hetero) is 1. The Labute approximate surface area is 78.2 Å². The zero-order valence-electron chi connectivity index (χ0n) is 8.46. The number of allylic oxidation sites excluding steroid dienone is 1. The molecule has 0 aromatic rings. The molecule has 0 saturated carbocycles. The van der Waals surface area contributed by atoms with E-state index >= 15 is 0 Å². The third-order valence-corrected chi connectivity index (χ3v) is 1.11. The van der Waals surface area contributed by atoms with E-state index in [9.17, 15) is 9.59 Å². The van der Waals surface area contributed by atoms with Gasteiger partial charge in [0.05, 0.1) is 0 Å². The van der Waals surface area contributed by atoms with Gasteiger partial charge in [0.1, 0.15) is 18.0 Å². The van der Waals surface area contributed by atoms with Crippen molar-refractivity contribution in [3.63, 3.8) is 0 Å². The van der Waals surface area contributed by atoms with Crippen LogP contribution >= 0.6 is 0 Å². The van der Waals surface area contributed by atoms with E-state index in [0.29, 0.717) is 5.76 Å². The van der Waals surface area contributed by atoms with Gasteiger partial charge in [-0.1, -0.05) is 0 Å². The minimum Gasteiger partial charge on any atom is -0.430 e. The van der Waals surface area contributed by atoms with Crippen LogP contribution < -0.4 is 0 Å². The topological polar surface area (TPSA) is 46.6 Å². The molecule has 0 N–H and O–H groups in total. The van der Waals surface area contributed by atoms with Crippen molar-refractivity contribution in [1.29, 1.82) is 0 Å². The quantitative estimate of drug-likeness (QED) is 0.371. The van der Waals surface area contributed by atoms with Crippen LogP contribution in [0.4, 0.5) is 0 Å². The molecule has 74 valence electrons. The van der Waals surface area contributed by atoms with Gasteiger partial charge in [-0.2, -0.15) is 0 Å². The number of esters is 1. The van der Waals surface area contributed by atoms with E-state index < -0.39 is 5.97 Å². The summed E-state index contributed by atoms with van der Waals surface area (Å²) in [6.07, 6.45) is 1.50. The first-order valence-corrected chi connectivity index (χ1v) is 3.96. The number of hydrogen-bond acceptors (Lipinski definition) is 4. The Morgan fingerprint density at radius 3 is 2.23 bits per heavy atom. The van der Waals surface area contributed by atoms with Gasteiger partial charge in [-0.05, 0) is 13.8 Å². The third kappa shape index (κ3) is 7.05. The molecule has 0 aromatic heterocycles. The molecule has 0 unspecified atom stereocenters. The fourth-order valence-corrected chi connectivity index (χ4v) is 0.809. The van der Waals surface area contributed by atoms with Crippen molar-refractivity contribution in [3.05, 3.63) is 12.0 Å². The fourth-order valence-electron chi connectivity index (χ4n) is 0.809. The highest BCUT2D eigenvalue weighted by Gasteiger charge is 2.06. The van der Waals surface area contributed by atoms with Gasteiger partial charge < -0.3 is 9.64 Å². The molecule has 13 heavy (non-hydrogen) atoms. The van der Waals surface area contributed by atoms with Crippen LogP contribution in [0.25, 0.3) is 0 Å². The lowest BCUT2D eigenvalue weighted by atomic mass is 10.3. The Morgan fingerprint density at radius 1 is 1.31 bits per heavy atom. The first-order valence-electron chi connectivity index (χ1n) is 3.96. The number of carbonyl (C=O) groups excluding carboxylic acids is 2. The second-order valence-corrected chi connectivity index (χ2v) is 3.06. The van der Waals surface area contributed by atoms with Crippen LogP contribution in [0.15, 0.2) is 12.0 Å². The third-order valence-electron chi connectivity index (χ3n) is 1.11. The summed E-state index contributed by atoms with van der Waals surface area (Å²) in [6.45, 7) is 3.02. The van der Waals surface area contributed by atoms with Crippen molar-refractivity contribution in [2.24, 2.45) is 0 Å². The summed E-state index contributed by atoms with van der Waals surface area (Å²) in [6, 6.07) is 0. The number of ketones is 1. The van der Waals surface area contributed by atoms with Crippen molar-refractivity contribution in [1.82, 2.24) is 4.90 Å². The largest absolute Gasteiger partial charge is 0.430 e. The predicted octanol–water partition coefficient (Wildman–Crippen LogP) is 0.932. The summed E-state index contributed by atoms with van der Waals surface area (Å²) in [5, 5.41) is 0. The summed E-state index contributed by atoms with van der Waals surface area (Å²) < 4.78 is 4.83. The second kappa shape index (κ2) is 5.35. The number of carbonyl (C=O) groups is 2. The lowest BCUT2D eigenvalue weighted by Crippen LogP contribution is -2.10. The summed E-state index contributed by atoms with van der Waals surface area (Å²) >= 11 is 0. The van der Waals surface area contributed by atoms with Crippen LogP contribution in [-0.4, -0.2) is 30.7 Å². The molecular formula is C9H15NO3. The SMILES string of the molecule is CC(=O)CC(=O)OC(C)=CN(C)C. The summed E-state index contributed by atoms with van der Waals surface area (Å²) in [4.78, 5) is 23.2. The summed E-state index contributed by atoms with van der Waals surface area (Å²) in [7, 11) is 3.64. The van der Waals surface area contributed by atoms with Gasteiger partial charge in [-0.3, -0.25) is 9.59 Å². The molecule has 0 aliphatic heterocycles. The first-order chi connectivity index (χ1) is 5.91. The zero-order valence-corrected chi connectivity index (χ0v) is 8.46. The van der Waals surface area contributed by atoms with E-state index in [1.54, 1.807) is 18.0 Å². The smallest absolute Gasteiger partial charge is 0.318 e. The van der Waals surface area contributed by atoms with E-state index in [2.05, 4.69) is 0 Å². The molecule has 0 aliphatic carbocycles. The maximum atomic E-state index is 10.9. The van der Waals surface area contributed by atoms with Crippen molar-refractivity contribution >= 4 is 11.8 Å². The number of rotatable bonds is 4. The molecule has 0 spiro atoms. The maximum Gasteiger partial charge on any atom is 0.318 e. The number of nitrogens with zero attached hydrogens (tertiary/aromatic N) is 1. The summed E-state index contributed by atoms with van der Waals surface area (Å²) in [5.74, 6) is -0.220. The molecular weight excluding hydrogens is 170 g/mol. The average Bonchev–Trinajstić information content (AvgIpc) is 1.80. The average molecular weight is 185 g/mol. The molecule has 0 rings (SSSR count). The van der Waals surface area contributed by atoms with E-state index in [4.69, 9.17) is 4.74 Å². The predicted molar refractivity (Wildman–Crippen MR) is 48.8 cm³/mol. The Hall–Kier alpha value is -1.32. The van der Waals surface area contributed by atoms with Gasteiger partial charge in [-0.25, -0.2) is 0 Å². The summed E-state index contributed by atoms with van der Waals surface area (Å²) in [5.41, 5.74) is 0. The lowest BCUT2D eigenvalue weighted by molar-refractivity contribution is -0.141. The maximum absolute atomic E-state index is 10.9. The molecule has 0 atom stereocenters. The van der Waals surface area contributed by atoms with Gasteiger partial charge in [-0.15, -0.1) is 0 Å². The van der Waals surface area contributed by atoms with E-state index in [1.165, 1.54) is 6.92 Å². The molecule has 0 bridgehead atoms. The molecule has 4 heteroatoms. The van der Waals surface area contributed by atoms with Gasteiger partial charge >= 0.3 is 5.97 Å². The molecule has 0 saturated heterocycles. The minimum atomic E-state index is -0.511. The van der Waals surface area contributed by atoms with Crippen LogP contribution in [0.3, 0.4) is 0 Å². The van der Waals surface area contributed by atoms with Crippen molar-refractivity contribution in [2.45, 2.75) is 20.3 Å². The van der Waals surface area contributed by atoms with Gasteiger partial charge in [0.15, 0.2) is 0 Å². The second-order valence-electron chi connectivity index (χ2n) is 3.06. The number of ether oxygens (including phenoxy) is 1. The van der Waals surface area contributed by atoms with Crippen LogP contribution in [0.2, 0.25) is 0 Å². The molecule has 0 aromatic carbocycles. The standard InChI is InChI=1S/C9H15NO3/c1-7(11)5-9(12)13-8(2)6-10(3)4/h6H,5H2,1-4H3. The first kappa shape index (κ1) is 11.7. The molecule has 0 aliphatic rings. The Morgan fingerprint density at radius 2 is 1.85 bits per heavy atom. The molecule has 4 nitrogen and oxygen atoms in total. The Kier molecular flexibility index (Phi) is 4.80. The van der Waals surface area contributed by atoms with Crippen molar-refractivity contribution in [3.8, 4) is 0 Å². The van der Waals surface area contributed by atoms with E-state index in [0.717, 1.165) is 0 Å². The van der Waals surface area contributed by atoms with Gasteiger partial charge in [0.2, 0.25) is 0 Å². The van der Waals surface area contributed by atoms with Crippen molar-refractivity contribution in [2.75, 3.05) is 14.1 Å². The van der Waals surface area contributed by atoms with Crippen molar-refractivity contribution < 1.29 is 14.3 Å². The van der Waals surface area contributed by atoms with E-state index in [1.807, 2.05) is 14.1 Å². The van der Waals surface area contributed by atoms with Crippen LogP contribution in [-0.2, 0) is 14.3 Å². The highest BCUT2D eigenvalue weighted by molar-refractivity contribution is 5.94. The number of hydrogen-bond donors (Lipinski definition) is 0. The fraction of sp³-hybridized carbons (Fsp3) is 0.556. The van der Waals surface area contributed by atoms with Crippen LogP contribution in [0.1, 0.15) is 20.3 Å². The lowest BCUT2D eigenvalue weighted by Gasteiger charge is -2.07. The monoisotopic (exact) mass is 185 g/mol. The normalized spacial score (nSPS) is 10.9. The molecule has 0 radical (unpaired) electrons. The minimum absolute atomic E-state index is 0.168. The molecule has 0 amide bonds. The van der Waals surface area contributed by atoms with Crippen LogP contribution in [0, 0.1) is 0 Å². The Bertz CT molecular complexity index is 231. The highest BCUT2D eigenvalue weighted by atomic mass is 16.5. The zero-order chi connectivity index (χ0) is 10.4. The molecule has 0 heterocycles.